The minimum absolute atomic E-state index is 0.403. The summed E-state index contributed by atoms with van der Waals surface area (Å²) < 4.78 is 9.02. The van der Waals surface area contributed by atoms with E-state index in [9.17, 15) is 9.59 Å². The first-order chi connectivity index (χ1) is 8.69. The molecule has 1 aromatic carbocycles. The van der Waals surface area contributed by atoms with Crippen LogP contribution in [0.2, 0.25) is 0 Å². The Balaban J connectivity index is 0. The Morgan fingerprint density at radius 1 is 0.722 bits per heavy atom. The zero-order valence-electron chi connectivity index (χ0n) is 11.9. The lowest BCUT2D eigenvalue weighted by atomic mass is 10.1. The summed E-state index contributed by atoms with van der Waals surface area (Å²) in [6, 6.07) is 6.05. The van der Waals surface area contributed by atoms with E-state index in [0.717, 1.165) is 0 Å². The third-order valence-electron chi connectivity index (χ3n) is 1.73. The van der Waals surface area contributed by atoms with Gasteiger partial charge in [-0.05, 0) is 24.3 Å². The highest BCUT2D eigenvalue weighted by Crippen LogP contribution is 2.06. The van der Waals surface area contributed by atoms with Crippen molar-refractivity contribution in [1.82, 2.24) is 0 Å². The second-order valence-electron chi connectivity index (χ2n) is 2.56. The fourth-order valence-electron chi connectivity index (χ4n) is 0.978. The van der Waals surface area contributed by atoms with Crippen molar-refractivity contribution in [2.24, 2.45) is 0 Å². The summed E-state index contributed by atoms with van der Waals surface area (Å²) in [6.07, 6.45) is 0. The Hall–Kier alpha value is -1.84. The Labute approximate surface area is 109 Å². The number of ether oxygens (including phenoxy) is 2. The number of esters is 2. The molecule has 0 amide bonds. The van der Waals surface area contributed by atoms with Crippen LogP contribution in [0.4, 0.5) is 0 Å². The maximum Gasteiger partial charge on any atom is 0.337 e. The number of rotatable bonds is 2. The number of hydrogen-bond acceptors (Lipinski definition) is 4. The summed E-state index contributed by atoms with van der Waals surface area (Å²) in [7, 11) is 2.60. The van der Waals surface area contributed by atoms with Gasteiger partial charge in [-0.2, -0.15) is 0 Å². The molecule has 1 rings (SSSR count). The number of methoxy groups -OCH3 is 2. The molecule has 4 heteroatoms. The predicted molar refractivity (Wildman–Crippen MR) is 71.8 cm³/mol. The molecule has 4 nitrogen and oxygen atoms in total. The minimum atomic E-state index is -0.429. The second-order valence-corrected chi connectivity index (χ2v) is 2.56. The number of carbonyl (C=O) groups is 2. The predicted octanol–water partition coefficient (Wildman–Crippen LogP) is 3.31. The largest absolute Gasteiger partial charge is 0.465 e. The first kappa shape index (κ1) is 18.5. The van der Waals surface area contributed by atoms with Gasteiger partial charge in [-0.25, -0.2) is 9.59 Å². The molecular formula is C14H22O4. The molecule has 0 unspecified atom stereocenters. The fraction of sp³-hybridized carbons (Fsp3) is 0.429. The highest BCUT2D eigenvalue weighted by Gasteiger charge is 2.08. The summed E-state index contributed by atoms with van der Waals surface area (Å²) in [5.74, 6) is -0.858. The van der Waals surface area contributed by atoms with E-state index in [-0.39, 0.29) is 0 Å². The lowest BCUT2D eigenvalue weighted by molar-refractivity contribution is 0.0586. The number of benzene rings is 1. The van der Waals surface area contributed by atoms with Crippen molar-refractivity contribution in [3.63, 3.8) is 0 Å². The van der Waals surface area contributed by atoms with Crippen molar-refractivity contribution in [1.29, 1.82) is 0 Å². The van der Waals surface area contributed by atoms with E-state index in [4.69, 9.17) is 0 Å². The summed E-state index contributed by atoms with van der Waals surface area (Å²) in [6.45, 7) is 8.00. The monoisotopic (exact) mass is 254 g/mol. The van der Waals surface area contributed by atoms with Crippen LogP contribution in [0.25, 0.3) is 0 Å². The van der Waals surface area contributed by atoms with Gasteiger partial charge < -0.3 is 9.47 Å². The molecule has 1 aromatic rings. The topological polar surface area (TPSA) is 52.6 Å². The molecule has 0 saturated heterocycles. The molecule has 0 aliphatic carbocycles. The van der Waals surface area contributed by atoms with Crippen LogP contribution in [-0.2, 0) is 9.47 Å². The lowest BCUT2D eigenvalue weighted by Gasteiger charge is -2.00. The van der Waals surface area contributed by atoms with Gasteiger partial charge in [0.25, 0.3) is 0 Å². The molecule has 0 aliphatic heterocycles. The van der Waals surface area contributed by atoms with Crippen molar-refractivity contribution >= 4 is 11.9 Å². The Bertz CT molecular complexity index is 306. The second kappa shape index (κ2) is 11.6. The van der Waals surface area contributed by atoms with Gasteiger partial charge >= 0.3 is 11.9 Å². The van der Waals surface area contributed by atoms with Crippen LogP contribution in [-0.4, -0.2) is 26.2 Å². The van der Waals surface area contributed by atoms with Crippen molar-refractivity contribution in [2.45, 2.75) is 27.7 Å². The smallest absolute Gasteiger partial charge is 0.337 e. The molecular weight excluding hydrogens is 232 g/mol. The molecule has 0 bridgehead atoms. The third kappa shape index (κ3) is 6.03. The van der Waals surface area contributed by atoms with Crippen molar-refractivity contribution in [3.05, 3.63) is 35.4 Å². The summed E-state index contributed by atoms with van der Waals surface area (Å²) in [4.78, 5) is 22.1. The first-order valence-corrected chi connectivity index (χ1v) is 5.95. The van der Waals surface area contributed by atoms with E-state index in [2.05, 4.69) is 9.47 Å². The van der Waals surface area contributed by atoms with Crippen LogP contribution in [0, 0.1) is 0 Å². The summed E-state index contributed by atoms with van der Waals surface area (Å²) in [5.41, 5.74) is 0.806. The Kier molecular flexibility index (Phi) is 12.0. The summed E-state index contributed by atoms with van der Waals surface area (Å²) >= 11 is 0. The van der Waals surface area contributed by atoms with Crippen LogP contribution in [0.1, 0.15) is 48.4 Å². The number of carbonyl (C=O) groups excluding carboxylic acids is 2. The Morgan fingerprint density at radius 3 is 1.11 bits per heavy atom. The van der Waals surface area contributed by atoms with Gasteiger partial charge in [0.2, 0.25) is 0 Å². The van der Waals surface area contributed by atoms with Crippen LogP contribution in [0.3, 0.4) is 0 Å². The average molecular weight is 254 g/mol. The molecule has 0 radical (unpaired) electrons. The molecule has 0 heterocycles. The number of hydrogen-bond donors (Lipinski definition) is 0. The average Bonchev–Trinajstić information content (AvgIpc) is 2.49. The Morgan fingerprint density at radius 2 is 0.944 bits per heavy atom. The first-order valence-electron chi connectivity index (χ1n) is 5.95. The molecule has 0 fully saturated rings. The normalized spacial score (nSPS) is 7.89. The quantitative estimate of drug-likeness (QED) is 0.760. The van der Waals surface area contributed by atoms with Gasteiger partial charge in [0, 0.05) is 0 Å². The van der Waals surface area contributed by atoms with Gasteiger partial charge in [0.05, 0.1) is 25.3 Å². The van der Waals surface area contributed by atoms with Gasteiger partial charge in [0.15, 0.2) is 0 Å². The van der Waals surface area contributed by atoms with Crippen molar-refractivity contribution in [2.75, 3.05) is 14.2 Å². The van der Waals surface area contributed by atoms with Crippen LogP contribution in [0.5, 0.6) is 0 Å². The van der Waals surface area contributed by atoms with Crippen LogP contribution < -0.4 is 0 Å². The zero-order valence-corrected chi connectivity index (χ0v) is 11.9. The van der Waals surface area contributed by atoms with E-state index >= 15 is 0 Å². The van der Waals surface area contributed by atoms with Gasteiger partial charge in [0.1, 0.15) is 0 Å². The minimum Gasteiger partial charge on any atom is -0.465 e. The molecule has 0 aromatic heterocycles. The van der Waals surface area contributed by atoms with Crippen LogP contribution >= 0.6 is 0 Å². The maximum absolute atomic E-state index is 11.0. The van der Waals surface area contributed by atoms with Gasteiger partial charge in [-0.15, -0.1) is 0 Å². The van der Waals surface area contributed by atoms with E-state index in [0.29, 0.717) is 11.1 Å². The molecule has 0 aliphatic rings. The highest BCUT2D eigenvalue weighted by molar-refractivity contribution is 5.93. The van der Waals surface area contributed by atoms with Crippen molar-refractivity contribution in [3.8, 4) is 0 Å². The zero-order chi connectivity index (χ0) is 14.6. The molecule has 102 valence electrons. The van der Waals surface area contributed by atoms with E-state index < -0.39 is 11.9 Å². The SMILES string of the molecule is CC.CC.COC(=O)c1ccc(C(=O)OC)cc1. The van der Waals surface area contributed by atoms with Gasteiger partial charge in [-0.1, -0.05) is 27.7 Å². The molecule has 18 heavy (non-hydrogen) atoms. The molecule has 0 saturated carbocycles. The van der Waals surface area contributed by atoms with Crippen molar-refractivity contribution < 1.29 is 19.1 Å². The van der Waals surface area contributed by atoms with E-state index in [1.54, 1.807) is 0 Å². The molecule has 0 N–H and O–H groups in total. The maximum atomic E-state index is 11.0. The molecule has 0 atom stereocenters. The van der Waals surface area contributed by atoms with Gasteiger partial charge in [-0.3, -0.25) is 0 Å². The molecule has 0 spiro atoms. The van der Waals surface area contributed by atoms with E-state index in [1.807, 2.05) is 27.7 Å². The standard InChI is InChI=1S/C10H10O4.2C2H6/c1-13-9(11)7-3-5-8(6-4-7)10(12)14-2;2*1-2/h3-6H,1-2H3;2*1-2H3. The highest BCUT2D eigenvalue weighted by atomic mass is 16.5. The lowest BCUT2D eigenvalue weighted by Crippen LogP contribution is -2.04. The van der Waals surface area contributed by atoms with Crippen LogP contribution in [0.15, 0.2) is 24.3 Å². The van der Waals surface area contributed by atoms with E-state index in [1.165, 1.54) is 38.5 Å². The third-order valence-corrected chi connectivity index (χ3v) is 1.73. The summed E-state index contributed by atoms with van der Waals surface area (Å²) in [5, 5.41) is 0. The fourth-order valence-corrected chi connectivity index (χ4v) is 0.978.